The number of benzene rings is 2. The van der Waals surface area contributed by atoms with Crippen molar-refractivity contribution in [3.63, 3.8) is 0 Å². The third kappa shape index (κ3) is 5.18. The van der Waals surface area contributed by atoms with Gasteiger partial charge in [-0.15, -0.1) is 0 Å². The van der Waals surface area contributed by atoms with Crippen molar-refractivity contribution in [2.45, 2.75) is 20.0 Å². The molecule has 2 aromatic rings. The molecule has 0 radical (unpaired) electrons. The van der Waals surface area contributed by atoms with Crippen LogP contribution >= 0.6 is 46.4 Å². The lowest BCUT2D eigenvalue weighted by molar-refractivity contribution is 0.243. The van der Waals surface area contributed by atoms with Crippen LogP contribution in [0.5, 0.6) is 5.75 Å². The van der Waals surface area contributed by atoms with Crippen LogP contribution in [0.25, 0.3) is 0 Å². The molecule has 0 saturated heterocycles. The number of rotatable bonds is 5. The van der Waals surface area contributed by atoms with Crippen LogP contribution in [-0.2, 0) is 0 Å². The van der Waals surface area contributed by atoms with Gasteiger partial charge in [0.05, 0.1) is 38.1 Å². The smallest absolute Gasteiger partial charge is 0.156 e. The molecule has 0 atom stereocenters. The number of nitrogens with zero attached hydrogens (tertiary/aromatic N) is 1. The van der Waals surface area contributed by atoms with Gasteiger partial charge in [-0.05, 0) is 49.7 Å². The third-order valence-electron chi connectivity index (χ3n) is 2.70. The van der Waals surface area contributed by atoms with Crippen LogP contribution in [0, 0.1) is 0 Å². The van der Waals surface area contributed by atoms with Crippen LogP contribution < -0.4 is 10.2 Å². The van der Waals surface area contributed by atoms with Gasteiger partial charge in [-0.2, -0.15) is 5.10 Å². The van der Waals surface area contributed by atoms with E-state index in [0.29, 0.717) is 31.5 Å². The van der Waals surface area contributed by atoms with E-state index in [9.17, 15) is 0 Å². The molecule has 122 valence electrons. The number of anilines is 1. The Labute approximate surface area is 155 Å². The van der Waals surface area contributed by atoms with E-state index in [2.05, 4.69) is 10.5 Å². The van der Waals surface area contributed by atoms with Crippen LogP contribution in [0.1, 0.15) is 19.4 Å². The predicted molar refractivity (Wildman–Crippen MR) is 99.9 cm³/mol. The lowest BCUT2D eigenvalue weighted by Crippen LogP contribution is -2.06. The van der Waals surface area contributed by atoms with Crippen molar-refractivity contribution >= 4 is 58.3 Å². The van der Waals surface area contributed by atoms with Gasteiger partial charge in [-0.1, -0.05) is 46.4 Å². The van der Waals surface area contributed by atoms with Crippen molar-refractivity contribution in [1.29, 1.82) is 0 Å². The summed E-state index contributed by atoms with van der Waals surface area (Å²) < 4.78 is 5.58. The van der Waals surface area contributed by atoms with E-state index in [-0.39, 0.29) is 6.10 Å². The van der Waals surface area contributed by atoms with E-state index in [1.54, 1.807) is 36.5 Å². The fourth-order valence-corrected chi connectivity index (χ4v) is 2.64. The maximum absolute atomic E-state index is 6.19. The van der Waals surface area contributed by atoms with Gasteiger partial charge in [0.15, 0.2) is 5.75 Å². The summed E-state index contributed by atoms with van der Waals surface area (Å²) in [6.07, 6.45) is 1.58. The minimum atomic E-state index is -0.0131. The van der Waals surface area contributed by atoms with E-state index in [1.807, 2.05) is 13.8 Å². The summed E-state index contributed by atoms with van der Waals surface area (Å²) in [5.74, 6) is 0.470. The maximum Gasteiger partial charge on any atom is 0.156 e. The van der Waals surface area contributed by atoms with Crippen molar-refractivity contribution in [3.05, 3.63) is 56.0 Å². The number of hydrazone groups is 1. The number of halogens is 4. The molecule has 0 spiro atoms. The quantitative estimate of drug-likeness (QED) is 0.464. The molecule has 0 aliphatic carbocycles. The van der Waals surface area contributed by atoms with Gasteiger partial charge in [-0.3, -0.25) is 5.43 Å². The second kappa shape index (κ2) is 8.11. The number of ether oxygens (including phenoxy) is 1. The molecule has 0 saturated carbocycles. The minimum Gasteiger partial charge on any atom is -0.488 e. The summed E-state index contributed by atoms with van der Waals surface area (Å²) in [4.78, 5) is 0. The summed E-state index contributed by atoms with van der Waals surface area (Å²) in [7, 11) is 0. The molecule has 0 unspecified atom stereocenters. The first-order chi connectivity index (χ1) is 10.9. The zero-order chi connectivity index (χ0) is 17.0. The van der Waals surface area contributed by atoms with E-state index in [0.717, 1.165) is 5.56 Å². The van der Waals surface area contributed by atoms with Crippen LogP contribution in [0.15, 0.2) is 35.4 Å². The largest absolute Gasteiger partial charge is 0.488 e. The second-order valence-electron chi connectivity index (χ2n) is 4.98. The van der Waals surface area contributed by atoms with Crippen molar-refractivity contribution in [1.82, 2.24) is 0 Å². The molecular weight excluding hydrogens is 378 g/mol. The molecule has 1 N–H and O–H groups in total. The zero-order valence-corrected chi connectivity index (χ0v) is 15.4. The van der Waals surface area contributed by atoms with Gasteiger partial charge >= 0.3 is 0 Å². The van der Waals surface area contributed by atoms with Crippen LogP contribution in [0.3, 0.4) is 0 Å². The average molecular weight is 392 g/mol. The van der Waals surface area contributed by atoms with Crippen LogP contribution in [-0.4, -0.2) is 12.3 Å². The molecule has 2 rings (SSSR count). The summed E-state index contributed by atoms with van der Waals surface area (Å²) >= 11 is 24.2. The Kier molecular flexibility index (Phi) is 6.42. The van der Waals surface area contributed by atoms with Gasteiger partial charge in [0.1, 0.15) is 0 Å². The Morgan fingerprint density at radius 1 is 0.957 bits per heavy atom. The van der Waals surface area contributed by atoms with Crippen molar-refractivity contribution in [2.75, 3.05) is 5.43 Å². The standard InChI is InChI=1S/C16H14Cl4N2O/c1-9(2)23-16-14(19)5-10(6-15(16)20)8-21-22-11-3-4-12(17)13(18)7-11/h3-9,22H,1-2H3. The third-order valence-corrected chi connectivity index (χ3v) is 4.00. The number of hydrogen-bond donors (Lipinski definition) is 1. The summed E-state index contributed by atoms with van der Waals surface area (Å²) in [6, 6.07) is 8.59. The van der Waals surface area contributed by atoms with Crippen molar-refractivity contribution in [3.8, 4) is 5.75 Å². The highest BCUT2D eigenvalue weighted by atomic mass is 35.5. The van der Waals surface area contributed by atoms with E-state index in [1.165, 1.54) is 0 Å². The second-order valence-corrected chi connectivity index (χ2v) is 6.61. The minimum absolute atomic E-state index is 0.0131. The molecule has 0 amide bonds. The molecule has 7 heteroatoms. The zero-order valence-electron chi connectivity index (χ0n) is 12.4. The maximum atomic E-state index is 6.19. The first-order valence-electron chi connectivity index (χ1n) is 6.76. The first kappa shape index (κ1) is 18.2. The van der Waals surface area contributed by atoms with Gasteiger partial charge < -0.3 is 4.74 Å². The number of hydrogen-bond acceptors (Lipinski definition) is 3. The lowest BCUT2D eigenvalue weighted by atomic mass is 10.2. The molecule has 0 aromatic heterocycles. The summed E-state index contributed by atoms with van der Waals surface area (Å²) in [5.41, 5.74) is 4.31. The molecule has 0 bridgehead atoms. The topological polar surface area (TPSA) is 33.6 Å². The molecule has 2 aromatic carbocycles. The summed E-state index contributed by atoms with van der Waals surface area (Å²) in [6.45, 7) is 3.81. The fourth-order valence-electron chi connectivity index (χ4n) is 1.75. The van der Waals surface area contributed by atoms with Gasteiger partial charge in [0.2, 0.25) is 0 Å². The van der Waals surface area contributed by atoms with E-state index >= 15 is 0 Å². The van der Waals surface area contributed by atoms with Crippen molar-refractivity contribution < 1.29 is 4.74 Å². The average Bonchev–Trinajstić information content (AvgIpc) is 2.46. The molecule has 0 aliphatic heterocycles. The van der Waals surface area contributed by atoms with Gasteiger partial charge in [-0.25, -0.2) is 0 Å². The molecule has 23 heavy (non-hydrogen) atoms. The normalized spacial score (nSPS) is 11.3. The summed E-state index contributed by atoms with van der Waals surface area (Å²) in [5, 5.41) is 5.92. The molecule has 0 fully saturated rings. The first-order valence-corrected chi connectivity index (χ1v) is 8.28. The van der Waals surface area contributed by atoms with Gasteiger partial charge in [0, 0.05) is 0 Å². The SMILES string of the molecule is CC(C)Oc1c(Cl)cc(C=NNc2ccc(Cl)c(Cl)c2)cc1Cl. The Bertz CT molecular complexity index is 709. The Morgan fingerprint density at radius 3 is 2.17 bits per heavy atom. The predicted octanol–water partition coefficient (Wildman–Crippen LogP) is 6.53. The Hall–Kier alpha value is -1.13. The molecule has 0 aliphatic rings. The van der Waals surface area contributed by atoms with E-state index < -0.39 is 0 Å². The fraction of sp³-hybridized carbons (Fsp3) is 0.188. The molecular formula is C16H14Cl4N2O. The highest BCUT2D eigenvalue weighted by Crippen LogP contribution is 2.34. The van der Waals surface area contributed by atoms with E-state index in [4.69, 9.17) is 51.1 Å². The highest BCUT2D eigenvalue weighted by Gasteiger charge is 2.10. The molecule has 0 heterocycles. The van der Waals surface area contributed by atoms with Gasteiger partial charge in [0.25, 0.3) is 0 Å². The lowest BCUT2D eigenvalue weighted by Gasteiger charge is -2.13. The van der Waals surface area contributed by atoms with Crippen molar-refractivity contribution in [2.24, 2.45) is 5.10 Å². The Balaban J connectivity index is 2.12. The monoisotopic (exact) mass is 390 g/mol. The highest BCUT2D eigenvalue weighted by molar-refractivity contribution is 6.42. The number of nitrogens with one attached hydrogen (secondary N) is 1. The van der Waals surface area contributed by atoms with Crippen LogP contribution in [0.2, 0.25) is 20.1 Å². The van der Waals surface area contributed by atoms with Crippen LogP contribution in [0.4, 0.5) is 5.69 Å². The molecule has 3 nitrogen and oxygen atoms in total. The Morgan fingerprint density at radius 2 is 1.61 bits per heavy atom.